The fourth-order valence-corrected chi connectivity index (χ4v) is 2.91. The number of H-pyrrole nitrogens is 1. The molecule has 0 bridgehead atoms. The van der Waals surface area contributed by atoms with Gasteiger partial charge in [-0.15, -0.1) is 0 Å². The Kier molecular flexibility index (Phi) is 3.59. The van der Waals surface area contributed by atoms with Gasteiger partial charge in [0.1, 0.15) is 5.82 Å². The summed E-state index contributed by atoms with van der Waals surface area (Å²) in [4.78, 5) is 26.5. The average molecular weight is 284 g/mol. The summed E-state index contributed by atoms with van der Waals surface area (Å²) in [7, 11) is 0. The highest BCUT2D eigenvalue weighted by molar-refractivity contribution is 5.98. The zero-order valence-electron chi connectivity index (χ0n) is 12.7. The number of nitrogens with one attached hydrogen (secondary N) is 1. The molecule has 0 unspecified atom stereocenters. The number of hydrogen-bond acceptors (Lipinski definition) is 4. The summed E-state index contributed by atoms with van der Waals surface area (Å²) in [5, 5.41) is 0. The third-order valence-electron chi connectivity index (χ3n) is 3.95. The molecule has 110 valence electrons. The highest BCUT2D eigenvalue weighted by atomic mass is 16.1. The van der Waals surface area contributed by atoms with Crippen LogP contribution in [-0.2, 0) is 13.0 Å². The summed E-state index contributed by atoms with van der Waals surface area (Å²) >= 11 is 0. The van der Waals surface area contributed by atoms with Gasteiger partial charge in [-0.05, 0) is 26.8 Å². The third-order valence-corrected chi connectivity index (χ3v) is 3.95. The van der Waals surface area contributed by atoms with Crippen LogP contribution >= 0.6 is 0 Å². The van der Waals surface area contributed by atoms with Crippen LogP contribution in [-0.4, -0.2) is 38.7 Å². The van der Waals surface area contributed by atoms with Gasteiger partial charge in [0.25, 0.3) is 0 Å². The van der Waals surface area contributed by atoms with Crippen molar-refractivity contribution in [1.29, 1.82) is 0 Å². The van der Waals surface area contributed by atoms with Gasteiger partial charge in [-0.25, -0.2) is 9.97 Å². The lowest BCUT2D eigenvalue weighted by Gasteiger charge is -2.27. The number of aromatic nitrogens is 3. The molecule has 1 N–H and O–H groups in total. The van der Waals surface area contributed by atoms with Crippen LogP contribution in [0.5, 0.6) is 0 Å². The van der Waals surface area contributed by atoms with Crippen molar-refractivity contribution in [2.24, 2.45) is 0 Å². The predicted octanol–water partition coefficient (Wildman–Crippen LogP) is 1.97. The summed E-state index contributed by atoms with van der Waals surface area (Å²) in [5.74, 6) is 0.991. The SMILES string of the molecule is Cc1ncc2c(n1)CCN(CC(=O)c1cc(C)[nH]c1C)C2. The Morgan fingerprint density at radius 1 is 1.38 bits per heavy atom. The van der Waals surface area contributed by atoms with Crippen molar-refractivity contribution in [2.75, 3.05) is 13.1 Å². The quantitative estimate of drug-likeness (QED) is 0.875. The molecule has 5 nitrogen and oxygen atoms in total. The molecule has 0 atom stereocenters. The number of nitrogens with zero attached hydrogens (tertiary/aromatic N) is 3. The molecule has 1 aliphatic heterocycles. The molecular formula is C16H20N4O. The van der Waals surface area contributed by atoms with Crippen LogP contribution < -0.4 is 0 Å². The zero-order valence-corrected chi connectivity index (χ0v) is 12.7. The van der Waals surface area contributed by atoms with Gasteiger partial charge in [0.15, 0.2) is 5.78 Å². The fourth-order valence-electron chi connectivity index (χ4n) is 2.91. The Labute approximate surface area is 124 Å². The van der Waals surface area contributed by atoms with E-state index in [0.29, 0.717) is 6.54 Å². The van der Waals surface area contributed by atoms with Crippen LogP contribution in [0.1, 0.15) is 38.8 Å². The van der Waals surface area contributed by atoms with Gasteiger partial charge < -0.3 is 4.98 Å². The lowest BCUT2D eigenvalue weighted by Crippen LogP contribution is -2.35. The highest BCUT2D eigenvalue weighted by Gasteiger charge is 2.21. The molecule has 1 aliphatic rings. The van der Waals surface area contributed by atoms with Crippen molar-refractivity contribution >= 4 is 5.78 Å². The van der Waals surface area contributed by atoms with Crippen molar-refractivity contribution in [1.82, 2.24) is 19.9 Å². The normalized spacial score (nSPS) is 15.0. The molecule has 0 aliphatic carbocycles. The van der Waals surface area contributed by atoms with Crippen LogP contribution in [0, 0.1) is 20.8 Å². The van der Waals surface area contributed by atoms with Crippen LogP contribution in [0.3, 0.4) is 0 Å². The number of hydrogen-bond donors (Lipinski definition) is 1. The largest absolute Gasteiger partial charge is 0.362 e. The maximum atomic E-state index is 12.4. The van der Waals surface area contributed by atoms with E-state index in [1.165, 1.54) is 0 Å². The maximum absolute atomic E-state index is 12.4. The minimum atomic E-state index is 0.174. The summed E-state index contributed by atoms with van der Waals surface area (Å²) in [6.45, 7) is 7.91. The first kappa shape index (κ1) is 13.9. The van der Waals surface area contributed by atoms with Gasteiger partial charge in [0.2, 0.25) is 0 Å². The molecule has 3 heterocycles. The van der Waals surface area contributed by atoms with E-state index in [-0.39, 0.29) is 5.78 Å². The Bertz CT molecular complexity index is 690. The number of ketones is 1. The Hall–Kier alpha value is -2.01. The van der Waals surface area contributed by atoms with Crippen molar-refractivity contribution in [3.63, 3.8) is 0 Å². The molecule has 21 heavy (non-hydrogen) atoms. The molecule has 0 spiro atoms. The van der Waals surface area contributed by atoms with Gasteiger partial charge >= 0.3 is 0 Å². The lowest BCUT2D eigenvalue weighted by molar-refractivity contribution is 0.0920. The van der Waals surface area contributed by atoms with Crippen LogP contribution in [0.4, 0.5) is 0 Å². The minimum Gasteiger partial charge on any atom is -0.362 e. The van der Waals surface area contributed by atoms with Gasteiger partial charge in [0.05, 0.1) is 6.54 Å². The van der Waals surface area contributed by atoms with Gasteiger partial charge in [-0.1, -0.05) is 0 Å². The van der Waals surface area contributed by atoms with E-state index in [9.17, 15) is 4.79 Å². The van der Waals surface area contributed by atoms with Crippen molar-refractivity contribution in [3.05, 3.63) is 46.3 Å². The van der Waals surface area contributed by atoms with E-state index in [1.54, 1.807) is 0 Å². The molecule has 3 rings (SSSR count). The predicted molar refractivity (Wildman–Crippen MR) is 80.3 cm³/mol. The zero-order chi connectivity index (χ0) is 15.0. The number of aryl methyl sites for hydroxylation is 3. The number of rotatable bonds is 3. The summed E-state index contributed by atoms with van der Waals surface area (Å²) in [6, 6.07) is 1.93. The maximum Gasteiger partial charge on any atom is 0.178 e. The van der Waals surface area contributed by atoms with E-state index in [2.05, 4.69) is 19.9 Å². The first-order chi connectivity index (χ1) is 10.0. The Morgan fingerprint density at radius 2 is 2.19 bits per heavy atom. The Balaban J connectivity index is 1.71. The lowest BCUT2D eigenvalue weighted by atomic mass is 10.1. The van der Waals surface area contributed by atoms with E-state index >= 15 is 0 Å². The van der Waals surface area contributed by atoms with Gasteiger partial charge in [-0.2, -0.15) is 0 Å². The van der Waals surface area contributed by atoms with E-state index in [0.717, 1.165) is 53.5 Å². The fraction of sp³-hybridized carbons (Fsp3) is 0.438. The molecule has 2 aromatic rings. The number of fused-ring (bicyclic) bond motifs is 1. The second kappa shape index (κ2) is 5.41. The van der Waals surface area contributed by atoms with Crippen LogP contribution in [0.15, 0.2) is 12.3 Å². The molecule has 0 saturated heterocycles. The molecule has 0 aromatic carbocycles. The standard InChI is InChI=1S/C16H20N4O/c1-10-6-14(11(2)18-10)16(21)9-20-5-4-15-13(8-20)7-17-12(3)19-15/h6-7,18H,4-5,8-9H2,1-3H3. The first-order valence-corrected chi connectivity index (χ1v) is 7.26. The third kappa shape index (κ3) is 2.88. The van der Waals surface area contributed by atoms with E-state index in [1.807, 2.05) is 33.0 Å². The molecule has 5 heteroatoms. The second-order valence-electron chi connectivity index (χ2n) is 5.76. The number of Topliss-reactive ketones (excluding diaryl/α,β-unsaturated/α-hetero) is 1. The molecular weight excluding hydrogens is 264 g/mol. The van der Waals surface area contributed by atoms with E-state index < -0.39 is 0 Å². The minimum absolute atomic E-state index is 0.174. The van der Waals surface area contributed by atoms with Crippen LogP contribution in [0.2, 0.25) is 0 Å². The number of carbonyl (C=O) groups excluding carboxylic acids is 1. The van der Waals surface area contributed by atoms with Crippen molar-refractivity contribution in [3.8, 4) is 0 Å². The average Bonchev–Trinajstić information content (AvgIpc) is 2.78. The van der Waals surface area contributed by atoms with Gasteiger partial charge in [-0.3, -0.25) is 9.69 Å². The van der Waals surface area contributed by atoms with Crippen LogP contribution in [0.25, 0.3) is 0 Å². The molecule has 0 fully saturated rings. The number of aromatic amines is 1. The summed E-state index contributed by atoms with van der Waals surface area (Å²) in [5.41, 5.74) is 5.05. The van der Waals surface area contributed by atoms with E-state index in [4.69, 9.17) is 0 Å². The van der Waals surface area contributed by atoms with Crippen molar-refractivity contribution in [2.45, 2.75) is 33.7 Å². The topological polar surface area (TPSA) is 61.9 Å². The monoisotopic (exact) mass is 284 g/mol. The number of carbonyl (C=O) groups is 1. The van der Waals surface area contributed by atoms with Gasteiger partial charge in [0, 0.05) is 53.9 Å². The molecule has 0 amide bonds. The summed E-state index contributed by atoms with van der Waals surface area (Å²) in [6.07, 6.45) is 2.77. The molecule has 0 radical (unpaired) electrons. The van der Waals surface area contributed by atoms with Crippen molar-refractivity contribution < 1.29 is 4.79 Å². The molecule has 0 saturated carbocycles. The molecule has 2 aromatic heterocycles. The highest BCUT2D eigenvalue weighted by Crippen LogP contribution is 2.18. The first-order valence-electron chi connectivity index (χ1n) is 7.26. The smallest absolute Gasteiger partial charge is 0.178 e. The Morgan fingerprint density at radius 3 is 2.90 bits per heavy atom. The second-order valence-corrected chi connectivity index (χ2v) is 5.76. The summed E-state index contributed by atoms with van der Waals surface area (Å²) < 4.78 is 0.